The van der Waals surface area contributed by atoms with Gasteiger partial charge < -0.3 is 10.5 Å². The Bertz CT molecular complexity index is 390. The maximum atomic E-state index is 5.99. The summed E-state index contributed by atoms with van der Waals surface area (Å²) in [7, 11) is 2.16. The summed E-state index contributed by atoms with van der Waals surface area (Å²) in [6.45, 7) is 5.79. The van der Waals surface area contributed by atoms with Crippen LogP contribution >= 0.6 is 27.3 Å². The van der Waals surface area contributed by atoms with Crippen molar-refractivity contribution in [3.63, 3.8) is 0 Å². The standard InChI is InChI=1S/C13H21BrN2OS/c1-8-11(4-5-17-8)16(3)12(7-15)13-6-10(14)9(2)18-13/h6,8,11-12H,4-5,7,15H2,1-3H3. The van der Waals surface area contributed by atoms with E-state index < -0.39 is 0 Å². The van der Waals surface area contributed by atoms with Gasteiger partial charge >= 0.3 is 0 Å². The van der Waals surface area contributed by atoms with Crippen LogP contribution in [0.1, 0.15) is 29.1 Å². The number of nitrogens with zero attached hydrogens (tertiary/aromatic N) is 1. The summed E-state index contributed by atoms with van der Waals surface area (Å²) < 4.78 is 6.84. The number of ether oxygens (including phenoxy) is 1. The minimum atomic E-state index is 0.286. The Morgan fingerprint density at radius 3 is 2.83 bits per heavy atom. The average molecular weight is 333 g/mol. The van der Waals surface area contributed by atoms with Crippen LogP contribution in [0.5, 0.6) is 0 Å². The molecule has 0 spiro atoms. The molecule has 2 N–H and O–H groups in total. The van der Waals surface area contributed by atoms with E-state index in [1.165, 1.54) is 14.2 Å². The number of rotatable bonds is 4. The van der Waals surface area contributed by atoms with Gasteiger partial charge in [0.2, 0.25) is 0 Å². The lowest BCUT2D eigenvalue weighted by atomic mass is 10.1. The van der Waals surface area contributed by atoms with Crippen LogP contribution < -0.4 is 5.73 Å². The van der Waals surface area contributed by atoms with Crippen LogP contribution in [0.25, 0.3) is 0 Å². The number of likely N-dealkylation sites (N-methyl/N-ethyl adjacent to an activating group) is 1. The number of aryl methyl sites for hydroxylation is 1. The highest BCUT2D eigenvalue weighted by atomic mass is 79.9. The maximum absolute atomic E-state index is 5.99. The molecule has 5 heteroatoms. The first-order chi connectivity index (χ1) is 8.54. The zero-order valence-corrected chi connectivity index (χ0v) is 13.6. The number of thiophene rings is 1. The molecule has 1 aliphatic rings. The normalized spacial score (nSPS) is 25.9. The third kappa shape index (κ3) is 2.80. The molecule has 2 rings (SSSR count). The lowest BCUT2D eigenvalue weighted by Gasteiger charge is -2.33. The van der Waals surface area contributed by atoms with Crippen LogP contribution in [0.2, 0.25) is 0 Å². The quantitative estimate of drug-likeness (QED) is 0.921. The molecule has 1 aliphatic heterocycles. The molecule has 0 saturated carbocycles. The first kappa shape index (κ1) is 14.5. The van der Waals surface area contributed by atoms with Crippen LogP contribution in [-0.4, -0.2) is 37.2 Å². The zero-order chi connectivity index (χ0) is 13.3. The molecule has 0 aliphatic carbocycles. The van der Waals surface area contributed by atoms with Crippen molar-refractivity contribution in [2.75, 3.05) is 20.2 Å². The van der Waals surface area contributed by atoms with Crippen molar-refractivity contribution >= 4 is 27.3 Å². The lowest BCUT2D eigenvalue weighted by molar-refractivity contribution is 0.0692. The topological polar surface area (TPSA) is 38.5 Å². The number of nitrogens with two attached hydrogens (primary N) is 1. The molecule has 102 valence electrons. The summed E-state index contributed by atoms with van der Waals surface area (Å²) >= 11 is 5.41. The molecular weight excluding hydrogens is 312 g/mol. The summed E-state index contributed by atoms with van der Waals surface area (Å²) in [5.74, 6) is 0. The summed E-state index contributed by atoms with van der Waals surface area (Å²) in [6, 6.07) is 2.96. The Morgan fingerprint density at radius 2 is 2.39 bits per heavy atom. The lowest BCUT2D eigenvalue weighted by Crippen LogP contribution is -2.41. The van der Waals surface area contributed by atoms with Gasteiger partial charge in [-0.25, -0.2) is 0 Å². The van der Waals surface area contributed by atoms with Crippen molar-refractivity contribution < 1.29 is 4.74 Å². The molecule has 18 heavy (non-hydrogen) atoms. The van der Waals surface area contributed by atoms with Crippen molar-refractivity contribution in [3.8, 4) is 0 Å². The average Bonchev–Trinajstić information content (AvgIpc) is 2.87. The Kier molecular flexibility index (Phi) is 4.83. The van der Waals surface area contributed by atoms with Crippen molar-refractivity contribution in [3.05, 3.63) is 20.3 Å². The number of hydrogen-bond donors (Lipinski definition) is 1. The van der Waals surface area contributed by atoms with E-state index in [2.05, 4.69) is 47.8 Å². The molecule has 0 radical (unpaired) electrons. The molecule has 0 aromatic carbocycles. The van der Waals surface area contributed by atoms with Crippen LogP contribution in [0.15, 0.2) is 10.5 Å². The van der Waals surface area contributed by atoms with E-state index >= 15 is 0 Å². The second-order valence-corrected chi connectivity index (χ2v) is 7.04. The van der Waals surface area contributed by atoms with Gasteiger partial charge in [0.15, 0.2) is 0 Å². The monoisotopic (exact) mass is 332 g/mol. The Labute approximate surface area is 121 Å². The first-order valence-electron chi connectivity index (χ1n) is 6.34. The summed E-state index contributed by atoms with van der Waals surface area (Å²) in [6.07, 6.45) is 1.40. The Balaban J connectivity index is 2.17. The van der Waals surface area contributed by atoms with Crippen LogP contribution in [0.4, 0.5) is 0 Å². The van der Waals surface area contributed by atoms with Gasteiger partial charge in [-0.1, -0.05) is 0 Å². The highest BCUT2D eigenvalue weighted by Gasteiger charge is 2.32. The van der Waals surface area contributed by atoms with Gasteiger partial charge in [0.05, 0.1) is 12.1 Å². The highest BCUT2D eigenvalue weighted by Crippen LogP contribution is 2.34. The van der Waals surface area contributed by atoms with Crippen molar-refractivity contribution in [2.45, 2.75) is 38.5 Å². The Hall–Kier alpha value is 0.0600. The second kappa shape index (κ2) is 6.01. The first-order valence-corrected chi connectivity index (χ1v) is 7.95. The zero-order valence-electron chi connectivity index (χ0n) is 11.1. The summed E-state index contributed by atoms with van der Waals surface area (Å²) in [4.78, 5) is 5.03. The van der Waals surface area contributed by atoms with Gasteiger partial charge in [0.1, 0.15) is 0 Å². The molecule has 1 aromatic rings. The van der Waals surface area contributed by atoms with Gasteiger partial charge in [-0.2, -0.15) is 0 Å². The third-order valence-electron chi connectivity index (χ3n) is 3.78. The molecule has 3 atom stereocenters. The fraction of sp³-hybridized carbons (Fsp3) is 0.692. The van der Waals surface area contributed by atoms with Gasteiger partial charge in [0.25, 0.3) is 0 Å². The number of halogens is 1. The minimum absolute atomic E-state index is 0.286. The van der Waals surface area contributed by atoms with E-state index in [1.807, 2.05) is 11.3 Å². The molecule has 3 unspecified atom stereocenters. The molecular formula is C13H21BrN2OS. The third-order valence-corrected chi connectivity index (χ3v) is 6.02. The molecule has 3 nitrogen and oxygen atoms in total. The highest BCUT2D eigenvalue weighted by molar-refractivity contribution is 9.10. The van der Waals surface area contributed by atoms with Gasteiger partial charge in [-0.05, 0) is 49.3 Å². The molecule has 0 bridgehead atoms. The van der Waals surface area contributed by atoms with Gasteiger partial charge in [-0.15, -0.1) is 11.3 Å². The van der Waals surface area contributed by atoms with Crippen LogP contribution in [0, 0.1) is 6.92 Å². The molecule has 1 fully saturated rings. The van der Waals surface area contributed by atoms with Crippen molar-refractivity contribution in [1.29, 1.82) is 0 Å². The van der Waals surface area contributed by atoms with E-state index in [0.717, 1.165) is 13.0 Å². The predicted molar refractivity (Wildman–Crippen MR) is 80.1 cm³/mol. The smallest absolute Gasteiger partial charge is 0.0703 e. The summed E-state index contributed by atoms with van der Waals surface area (Å²) in [5.41, 5.74) is 5.99. The van der Waals surface area contributed by atoms with Crippen LogP contribution in [-0.2, 0) is 4.74 Å². The fourth-order valence-corrected chi connectivity index (χ4v) is 4.34. The van der Waals surface area contributed by atoms with E-state index in [-0.39, 0.29) is 6.04 Å². The van der Waals surface area contributed by atoms with Gasteiger partial charge in [-0.3, -0.25) is 4.90 Å². The fourth-order valence-electron chi connectivity index (χ4n) is 2.62. The SMILES string of the molecule is Cc1sc(C(CN)N(C)C2CCOC2C)cc1Br. The molecule has 1 aromatic heterocycles. The largest absolute Gasteiger partial charge is 0.377 e. The predicted octanol–water partition coefficient (Wildman–Crippen LogP) is 2.93. The van der Waals surface area contributed by atoms with Crippen LogP contribution in [0.3, 0.4) is 0 Å². The maximum Gasteiger partial charge on any atom is 0.0703 e. The summed E-state index contributed by atoms with van der Waals surface area (Å²) in [5, 5.41) is 0. The van der Waals surface area contributed by atoms with E-state index in [4.69, 9.17) is 10.5 Å². The molecule has 0 amide bonds. The van der Waals surface area contributed by atoms with E-state index in [9.17, 15) is 0 Å². The number of hydrogen-bond acceptors (Lipinski definition) is 4. The van der Waals surface area contributed by atoms with E-state index in [0.29, 0.717) is 18.7 Å². The van der Waals surface area contributed by atoms with Crippen molar-refractivity contribution in [2.24, 2.45) is 5.73 Å². The minimum Gasteiger partial charge on any atom is -0.377 e. The van der Waals surface area contributed by atoms with Gasteiger partial charge in [0, 0.05) is 33.4 Å². The van der Waals surface area contributed by atoms with Crippen molar-refractivity contribution in [1.82, 2.24) is 4.90 Å². The van der Waals surface area contributed by atoms with E-state index in [1.54, 1.807) is 0 Å². The second-order valence-electron chi connectivity index (χ2n) is 4.90. The molecule has 2 heterocycles. The molecule has 1 saturated heterocycles. The Morgan fingerprint density at radius 1 is 1.67 bits per heavy atom.